The van der Waals surface area contributed by atoms with E-state index in [1.807, 2.05) is 0 Å². The van der Waals surface area contributed by atoms with Gasteiger partial charge in [-0.05, 0) is 77.2 Å². The summed E-state index contributed by atoms with van der Waals surface area (Å²) in [6, 6.07) is 62.4. The average molecular weight is 707 g/mol. The van der Waals surface area contributed by atoms with Gasteiger partial charge in [-0.2, -0.15) is 0 Å². The maximum absolute atomic E-state index is 5.68. The monoisotopic (exact) mass is 706 g/mol. The number of nitrogens with one attached hydrogen (secondary N) is 1. The molecule has 5 aromatic carbocycles. The summed E-state index contributed by atoms with van der Waals surface area (Å²) in [5.41, 5.74) is 18.1. The van der Waals surface area contributed by atoms with Gasteiger partial charge >= 0.3 is 0 Å². The maximum atomic E-state index is 5.68. The normalized spacial score (nSPS) is 13.6. The minimum Gasteiger partial charge on any atom is -0.354 e. The summed E-state index contributed by atoms with van der Waals surface area (Å²) in [5.74, 6) is 0.175. The SMILES string of the molecule is C[C@@H]1Cc2nc1c(-c1ccccc1)c1ccc([nH]1)c(-c1ccccc1)c1nc(c(-c3ccccc3)c3ccc(c2-c2ccccc2)n3-c2ccccc2)C=C1. The lowest BCUT2D eigenvalue weighted by molar-refractivity contribution is 0.799. The molecule has 8 aromatic rings. The van der Waals surface area contributed by atoms with Crippen LogP contribution in [-0.4, -0.2) is 19.5 Å². The number of para-hydroxylation sites is 1. The Balaban J connectivity index is 1.47. The number of fused-ring (bicyclic) bond motifs is 8. The van der Waals surface area contributed by atoms with Crippen molar-refractivity contribution in [3.63, 3.8) is 0 Å². The zero-order valence-corrected chi connectivity index (χ0v) is 30.5. The van der Waals surface area contributed by atoms with Gasteiger partial charge < -0.3 is 9.55 Å². The van der Waals surface area contributed by atoms with Crippen LogP contribution in [0.15, 0.2) is 176 Å². The lowest BCUT2D eigenvalue weighted by Gasteiger charge is -2.14. The molecule has 2 aliphatic rings. The highest BCUT2D eigenvalue weighted by molar-refractivity contribution is 5.98. The number of rotatable bonds is 5. The second-order valence-electron chi connectivity index (χ2n) is 14.3. The molecule has 1 N–H and O–H groups in total. The highest BCUT2D eigenvalue weighted by Gasteiger charge is 2.26. The molecule has 4 heteroatoms. The molecule has 10 rings (SSSR count). The van der Waals surface area contributed by atoms with E-state index in [-0.39, 0.29) is 5.92 Å². The Morgan fingerprint density at radius 3 is 1.45 bits per heavy atom. The van der Waals surface area contributed by atoms with E-state index in [2.05, 4.69) is 205 Å². The van der Waals surface area contributed by atoms with Crippen LogP contribution < -0.4 is 0 Å². The van der Waals surface area contributed by atoms with Crippen molar-refractivity contribution in [3.05, 3.63) is 199 Å². The lowest BCUT2D eigenvalue weighted by atomic mass is 9.94. The van der Waals surface area contributed by atoms with Crippen LogP contribution in [0.2, 0.25) is 0 Å². The Kier molecular flexibility index (Phi) is 8.15. The highest BCUT2D eigenvalue weighted by Crippen LogP contribution is 2.42. The molecule has 0 spiro atoms. The highest BCUT2D eigenvalue weighted by atomic mass is 15.0. The average Bonchev–Trinajstić information content (AvgIpc) is 4.07. The molecule has 0 unspecified atom stereocenters. The predicted octanol–water partition coefficient (Wildman–Crippen LogP) is 13.0. The maximum Gasteiger partial charge on any atom is 0.0737 e. The smallest absolute Gasteiger partial charge is 0.0737 e. The summed E-state index contributed by atoms with van der Waals surface area (Å²) in [7, 11) is 0. The van der Waals surface area contributed by atoms with Crippen LogP contribution in [0, 0.1) is 0 Å². The van der Waals surface area contributed by atoms with Crippen molar-refractivity contribution < 1.29 is 0 Å². The van der Waals surface area contributed by atoms with Crippen LogP contribution in [0.3, 0.4) is 0 Å². The molecule has 0 aliphatic carbocycles. The van der Waals surface area contributed by atoms with Crippen molar-refractivity contribution in [1.29, 1.82) is 0 Å². The second-order valence-corrected chi connectivity index (χ2v) is 14.3. The molecule has 0 saturated heterocycles. The fourth-order valence-corrected chi connectivity index (χ4v) is 8.35. The number of hydrogen-bond acceptors (Lipinski definition) is 2. The van der Waals surface area contributed by atoms with E-state index in [1.165, 1.54) is 0 Å². The molecule has 55 heavy (non-hydrogen) atoms. The van der Waals surface area contributed by atoms with Crippen molar-refractivity contribution in [2.75, 3.05) is 0 Å². The summed E-state index contributed by atoms with van der Waals surface area (Å²) in [6.07, 6.45) is 5.16. The minimum atomic E-state index is 0.175. The molecule has 5 heterocycles. The number of benzene rings is 5. The van der Waals surface area contributed by atoms with E-state index in [0.29, 0.717) is 0 Å². The quantitative estimate of drug-likeness (QED) is 0.194. The first kappa shape index (κ1) is 32.6. The Hall–Kier alpha value is -7.04. The first-order valence-electron chi connectivity index (χ1n) is 19.0. The van der Waals surface area contributed by atoms with Gasteiger partial charge in [-0.3, -0.25) is 4.98 Å². The molecular formula is C51H38N4. The van der Waals surface area contributed by atoms with E-state index < -0.39 is 0 Å². The molecule has 0 radical (unpaired) electrons. The van der Waals surface area contributed by atoms with Gasteiger partial charge in [0.2, 0.25) is 0 Å². The first-order chi connectivity index (χ1) is 27.2. The summed E-state index contributed by atoms with van der Waals surface area (Å²) < 4.78 is 2.41. The third-order valence-electron chi connectivity index (χ3n) is 10.8. The standard InChI is InChI=1S/C51H38N4/c1-34-33-44-49(37-21-11-4-12-22-37)46-32-31-45(55(46)39-25-15-6-16-26-39)48(36-19-9-3-10-20-36)42-29-27-40(52-42)47(35-17-7-2-8-18-35)41-28-30-43(53-41)50(51(34)54-44)38-23-13-5-14-24-38/h2-32,34,53H,33H2,1H3/t34-/m1/s1. The van der Waals surface area contributed by atoms with E-state index in [4.69, 9.17) is 9.97 Å². The van der Waals surface area contributed by atoms with Crippen molar-refractivity contribution in [1.82, 2.24) is 19.5 Å². The second kappa shape index (κ2) is 13.7. The Labute approximate surface area is 320 Å². The molecule has 8 bridgehead atoms. The Morgan fingerprint density at radius 2 is 0.891 bits per heavy atom. The van der Waals surface area contributed by atoms with Gasteiger partial charge in [-0.1, -0.05) is 146 Å². The van der Waals surface area contributed by atoms with Crippen LogP contribution in [0.5, 0.6) is 0 Å². The van der Waals surface area contributed by atoms with E-state index in [1.54, 1.807) is 0 Å². The summed E-state index contributed by atoms with van der Waals surface area (Å²) in [5, 5.41) is 0. The fraction of sp³-hybridized carbons (Fsp3) is 0.0588. The van der Waals surface area contributed by atoms with Gasteiger partial charge in [0.25, 0.3) is 0 Å². The zero-order chi connectivity index (χ0) is 36.7. The third kappa shape index (κ3) is 5.80. The molecule has 2 aliphatic heterocycles. The van der Waals surface area contributed by atoms with E-state index in [0.717, 1.165) is 101 Å². The fourth-order valence-electron chi connectivity index (χ4n) is 8.35. The van der Waals surface area contributed by atoms with Crippen LogP contribution in [0.4, 0.5) is 0 Å². The Morgan fingerprint density at radius 1 is 0.455 bits per heavy atom. The van der Waals surface area contributed by atoms with Crippen LogP contribution >= 0.6 is 0 Å². The number of aromatic amines is 1. The van der Waals surface area contributed by atoms with Crippen molar-refractivity contribution in [2.45, 2.75) is 19.3 Å². The van der Waals surface area contributed by atoms with Crippen LogP contribution in [0.25, 0.3) is 84.4 Å². The van der Waals surface area contributed by atoms with E-state index >= 15 is 0 Å². The molecule has 0 amide bonds. The van der Waals surface area contributed by atoms with Gasteiger partial charge in [0.15, 0.2) is 0 Å². The molecule has 1 atom stereocenters. The van der Waals surface area contributed by atoms with Crippen molar-refractivity contribution in [2.24, 2.45) is 0 Å². The molecular weight excluding hydrogens is 669 g/mol. The summed E-state index contributed by atoms with van der Waals surface area (Å²) in [4.78, 5) is 15.1. The largest absolute Gasteiger partial charge is 0.354 e. The van der Waals surface area contributed by atoms with E-state index in [9.17, 15) is 0 Å². The van der Waals surface area contributed by atoms with Crippen molar-refractivity contribution in [3.8, 4) is 50.2 Å². The minimum absolute atomic E-state index is 0.175. The van der Waals surface area contributed by atoms with Crippen LogP contribution in [-0.2, 0) is 6.42 Å². The summed E-state index contributed by atoms with van der Waals surface area (Å²) in [6.45, 7) is 2.31. The molecule has 0 fully saturated rings. The van der Waals surface area contributed by atoms with Crippen molar-refractivity contribution >= 4 is 34.2 Å². The number of hydrogen-bond donors (Lipinski definition) is 1. The number of aromatic nitrogens is 4. The van der Waals surface area contributed by atoms with Crippen LogP contribution in [0.1, 0.15) is 35.6 Å². The zero-order valence-electron chi connectivity index (χ0n) is 30.5. The molecule has 4 nitrogen and oxygen atoms in total. The molecule has 0 saturated carbocycles. The predicted molar refractivity (Wildman–Crippen MR) is 229 cm³/mol. The summed E-state index contributed by atoms with van der Waals surface area (Å²) >= 11 is 0. The van der Waals surface area contributed by atoms with Gasteiger partial charge in [-0.25, -0.2) is 4.98 Å². The molecule has 3 aromatic heterocycles. The van der Waals surface area contributed by atoms with Gasteiger partial charge in [0.05, 0.1) is 33.8 Å². The van der Waals surface area contributed by atoms with Gasteiger partial charge in [0, 0.05) is 44.9 Å². The Bertz CT molecular complexity index is 2870. The topological polar surface area (TPSA) is 46.5 Å². The number of H-pyrrole nitrogens is 1. The third-order valence-corrected chi connectivity index (χ3v) is 10.8. The number of nitrogens with zero attached hydrogens (tertiary/aromatic N) is 3. The molecule has 262 valence electrons. The lowest BCUT2D eigenvalue weighted by Crippen LogP contribution is -1.99. The first-order valence-corrected chi connectivity index (χ1v) is 19.0. The van der Waals surface area contributed by atoms with Gasteiger partial charge in [-0.15, -0.1) is 0 Å². The van der Waals surface area contributed by atoms with Gasteiger partial charge in [0.1, 0.15) is 0 Å².